The lowest BCUT2D eigenvalue weighted by Gasteiger charge is -2.22. The standard InChI is InChI=1S/C26H31N5O5/c1-18-8-6-10-20(14-18)30-23(16-22(28-30)26(2,3)4)27-24(32)17-29(12-13-36-5)25(33)19-9-7-11-21(15-19)31(34)35/h6-11,14-16H,12-13,17H2,1-5H3,(H,27,32). The first-order valence-electron chi connectivity index (χ1n) is 11.5. The number of benzene rings is 2. The van der Waals surface area contributed by atoms with Crippen LogP contribution in [0.5, 0.6) is 0 Å². The first-order valence-corrected chi connectivity index (χ1v) is 11.5. The highest BCUT2D eigenvalue weighted by atomic mass is 16.6. The Morgan fingerprint density at radius 3 is 2.50 bits per heavy atom. The van der Waals surface area contributed by atoms with E-state index in [1.807, 2.05) is 58.0 Å². The highest BCUT2D eigenvalue weighted by Crippen LogP contribution is 2.26. The molecule has 0 aliphatic rings. The van der Waals surface area contributed by atoms with E-state index >= 15 is 0 Å². The zero-order chi connectivity index (χ0) is 26.5. The Hall–Kier alpha value is -4.05. The number of aryl methyl sites for hydroxylation is 1. The Labute approximate surface area is 210 Å². The summed E-state index contributed by atoms with van der Waals surface area (Å²) in [5.74, 6) is -0.461. The van der Waals surface area contributed by atoms with Crippen LogP contribution in [0.25, 0.3) is 5.69 Å². The molecule has 2 amide bonds. The van der Waals surface area contributed by atoms with Crippen LogP contribution in [0.3, 0.4) is 0 Å². The van der Waals surface area contributed by atoms with Crippen LogP contribution in [0.15, 0.2) is 54.6 Å². The molecule has 0 spiro atoms. The summed E-state index contributed by atoms with van der Waals surface area (Å²) in [6, 6.07) is 15.0. The second kappa shape index (κ2) is 11.1. The third-order valence-electron chi connectivity index (χ3n) is 5.48. The zero-order valence-electron chi connectivity index (χ0n) is 21.1. The molecule has 1 aromatic heterocycles. The number of nitro benzene ring substituents is 1. The molecule has 0 saturated carbocycles. The Kier molecular flexibility index (Phi) is 8.21. The summed E-state index contributed by atoms with van der Waals surface area (Å²) in [6.07, 6.45) is 0. The molecule has 3 aromatic rings. The molecule has 190 valence electrons. The molecule has 0 atom stereocenters. The number of carbonyl (C=O) groups excluding carboxylic acids is 2. The Balaban J connectivity index is 1.87. The van der Waals surface area contributed by atoms with E-state index < -0.39 is 16.7 Å². The minimum Gasteiger partial charge on any atom is -0.383 e. The van der Waals surface area contributed by atoms with Crippen molar-refractivity contribution in [2.45, 2.75) is 33.1 Å². The molecule has 36 heavy (non-hydrogen) atoms. The molecule has 10 heteroatoms. The normalized spacial score (nSPS) is 11.2. The summed E-state index contributed by atoms with van der Waals surface area (Å²) in [6.45, 7) is 8.14. The minimum atomic E-state index is -0.567. The van der Waals surface area contributed by atoms with Crippen molar-refractivity contribution >= 4 is 23.3 Å². The van der Waals surface area contributed by atoms with Gasteiger partial charge in [-0.3, -0.25) is 19.7 Å². The fourth-order valence-corrected chi connectivity index (χ4v) is 3.54. The summed E-state index contributed by atoms with van der Waals surface area (Å²) in [7, 11) is 1.49. The number of hydrogen-bond acceptors (Lipinski definition) is 6. The third kappa shape index (κ3) is 6.54. The summed E-state index contributed by atoms with van der Waals surface area (Å²) in [4.78, 5) is 38.1. The predicted octanol–water partition coefficient (Wildman–Crippen LogP) is 4.11. The smallest absolute Gasteiger partial charge is 0.270 e. The van der Waals surface area contributed by atoms with E-state index in [1.54, 1.807) is 4.68 Å². The van der Waals surface area contributed by atoms with Gasteiger partial charge >= 0.3 is 0 Å². The number of nitrogens with zero attached hydrogens (tertiary/aromatic N) is 4. The van der Waals surface area contributed by atoms with Gasteiger partial charge in [0.05, 0.1) is 22.9 Å². The van der Waals surface area contributed by atoms with Crippen LogP contribution in [0.1, 0.15) is 42.4 Å². The van der Waals surface area contributed by atoms with E-state index in [-0.39, 0.29) is 36.4 Å². The third-order valence-corrected chi connectivity index (χ3v) is 5.48. The second-order valence-corrected chi connectivity index (χ2v) is 9.49. The second-order valence-electron chi connectivity index (χ2n) is 9.49. The van der Waals surface area contributed by atoms with Crippen LogP contribution in [-0.2, 0) is 14.9 Å². The van der Waals surface area contributed by atoms with Gasteiger partial charge in [-0.15, -0.1) is 0 Å². The number of carbonyl (C=O) groups is 2. The van der Waals surface area contributed by atoms with Gasteiger partial charge in [-0.25, -0.2) is 4.68 Å². The molecule has 0 fully saturated rings. The number of methoxy groups -OCH3 is 1. The summed E-state index contributed by atoms with van der Waals surface area (Å²) < 4.78 is 6.78. The molecule has 0 bridgehead atoms. The molecule has 0 saturated heterocycles. The van der Waals surface area contributed by atoms with Crippen LogP contribution in [-0.4, -0.2) is 58.2 Å². The van der Waals surface area contributed by atoms with E-state index in [0.717, 1.165) is 16.9 Å². The molecule has 0 radical (unpaired) electrons. The van der Waals surface area contributed by atoms with Crippen molar-refractivity contribution in [3.05, 3.63) is 81.5 Å². The molecular weight excluding hydrogens is 462 g/mol. The van der Waals surface area contributed by atoms with Gasteiger partial charge in [0, 0.05) is 42.8 Å². The van der Waals surface area contributed by atoms with Gasteiger partial charge in [0.2, 0.25) is 5.91 Å². The molecule has 0 aliphatic carbocycles. The maximum atomic E-state index is 13.1. The SMILES string of the molecule is COCCN(CC(=O)Nc1cc(C(C)(C)C)nn1-c1cccc(C)c1)C(=O)c1cccc([N+](=O)[O-])c1. The molecular formula is C26H31N5O5. The first kappa shape index (κ1) is 26.6. The first-order chi connectivity index (χ1) is 17.0. The molecule has 10 nitrogen and oxygen atoms in total. The van der Waals surface area contributed by atoms with Gasteiger partial charge < -0.3 is 15.0 Å². The predicted molar refractivity (Wildman–Crippen MR) is 137 cm³/mol. The van der Waals surface area contributed by atoms with Gasteiger partial charge in [0.15, 0.2) is 0 Å². The number of hydrogen-bond donors (Lipinski definition) is 1. The molecule has 1 heterocycles. The van der Waals surface area contributed by atoms with Gasteiger partial charge in [-0.05, 0) is 30.7 Å². The average Bonchev–Trinajstić information content (AvgIpc) is 3.25. The largest absolute Gasteiger partial charge is 0.383 e. The fourth-order valence-electron chi connectivity index (χ4n) is 3.54. The van der Waals surface area contributed by atoms with Crippen LogP contribution in [0.2, 0.25) is 0 Å². The summed E-state index contributed by atoms with van der Waals surface area (Å²) >= 11 is 0. The monoisotopic (exact) mass is 493 g/mol. The van der Waals surface area contributed by atoms with Crippen LogP contribution in [0, 0.1) is 17.0 Å². The van der Waals surface area contributed by atoms with Crippen molar-refractivity contribution in [1.29, 1.82) is 0 Å². The maximum absolute atomic E-state index is 13.1. The van der Waals surface area contributed by atoms with E-state index in [9.17, 15) is 19.7 Å². The number of rotatable bonds is 9. The van der Waals surface area contributed by atoms with Crippen LogP contribution in [0.4, 0.5) is 11.5 Å². The topological polar surface area (TPSA) is 120 Å². The number of nitrogens with one attached hydrogen (secondary N) is 1. The minimum absolute atomic E-state index is 0.118. The number of non-ortho nitro benzene ring substituents is 1. The number of ether oxygens (including phenoxy) is 1. The Morgan fingerprint density at radius 2 is 1.86 bits per heavy atom. The fraction of sp³-hybridized carbons (Fsp3) is 0.346. The lowest BCUT2D eigenvalue weighted by molar-refractivity contribution is -0.384. The summed E-state index contributed by atoms with van der Waals surface area (Å²) in [5, 5.41) is 18.7. The van der Waals surface area contributed by atoms with E-state index in [4.69, 9.17) is 9.84 Å². The van der Waals surface area contributed by atoms with Crippen LogP contribution < -0.4 is 5.32 Å². The average molecular weight is 494 g/mol. The van der Waals surface area contributed by atoms with Gasteiger partial charge in [0.1, 0.15) is 12.4 Å². The molecule has 0 aliphatic heterocycles. The maximum Gasteiger partial charge on any atom is 0.270 e. The van der Waals surface area contributed by atoms with Crippen LogP contribution >= 0.6 is 0 Å². The van der Waals surface area contributed by atoms with Gasteiger partial charge in [-0.1, -0.05) is 39.0 Å². The van der Waals surface area contributed by atoms with E-state index in [0.29, 0.717) is 5.82 Å². The number of anilines is 1. The lowest BCUT2D eigenvalue weighted by atomic mass is 9.92. The zero-order valence-corrected chi connectivity index (χ0v) is 21.1. The molecule has 2 aromatic carbocycles. The quantitative estimate of drug-likeness (QED) is 0.354. The number of amides is 2. The highest BCUT2D eigenvalue weighted by molar-refractivity contribution is 5.99. The summed E-state index contributed by atoms with van der Waals surface area (Å²) in [5.41, 5.74) is 2.30. The Bertz CT molecular complexity index is 1260. The molecule has 3 rings (SSSR count). The van der Waals surface area contributed by atoms with Gasteiger partial charge in [-0.2, -0.15) is 5.10 Å². The Morgan fingerprint density at radius 1 is 1.14 bits per heavy atom. The highest BCUT2D eigenvalue weighted by Gasteiger charge is 2.24. The lowest BCUT2D eigenvalue weighted by Crippen LogP contribution is -2.40. The number of nitro groups is 1. The van der Waals surface area contributed by atoms with E-state index in [2.05, 4.69) is 5.32 Å². The number of aromatic nitrogens is 2. The van der Waals surface area contributed by atoms with Crippen molar-refractivity contribution in [3.8, 4) is 5.69 Å². The van der Waals surface area contributed by atoms with Crippen molar-refractivity contribution < 1.29 is 19.2 Å². The van der Waals surface area contributed by atoms with Crippen molar-refractivity contribution in [2.75, 3.05) is 32.1 Å². The van der Waals surface area contributed by atoms with Crippen molar-refractivity contribution in [2.24, 2.45) is 0 Å². The van der Waals surface area contributed by atoms with Crippen molar-refractivity contribution in [1.82, 2.24) is 14.7 Å². The van der Waals surface area contributed by atoms with Crippen molar-refractivity contribution in [3.63, 3.8) is 0 Å². The molecule has 1 N–H and O–H groups in total. The van der Waals surface area contributed by atoms with E-state index in [1.165, 1.54) is 36.3 Å². The molecule has 0 unspecified atom stereocenters. The van der Waals surface area contributed by atoms with Gasteiger partial charge in [0.25, 0.3) is 11.6 Å².